The summed E-state index contributed by atoms with van der Waals surface area (Å²) in [5.74, 6) is -2.53. The highest BCUT2D eigenvalue weighted by Crippen LogP contribution is 2.72. The van der Waals surface area contributed by atoms with Crippen molar-refractivity contribution in [3.8, 4) is 0 Å². The molecule has 5 fully saturated rings. The Hall–Kier alpha value is -2.12. The molecule has 0 amide bonds. The monoisotopic (exact) mass is 617 g/mol. The van der Waals surface area contributed by atoms with Crippen molar-refractivity contribution < 1.29 is 48.2 Å². The first-order valence-corrected chi connectivity index (χ1v) is 15.6. The van der Waals surface area contributed by atoms with E-state index < -0.39 is 64.8 Å². The Morgan fingerprint density at radius 1 is 1.00 bits per heavy atom. The lowest BCUT2D eigenvalue weighted by Gasteiger charge is -2.66. The zero-order chi connectivity index (χ0) is 31.7. The fraction of sp³-hybridized carbons (Fsp3) is 0.758. The predicted molar refractivity (Wildman–Crippen MR) is 157 cm³/mol. The summed E-state index contributed by atoms with van der Waals surface area (Å²) < 4.78 is 37.1. The van der Waals surface area contributed by atoms with E-state index in [0.717, 1.165) is 19.4 Å². The molecule has 12 atom stereocenters. The highest BCUT2D eigenvalue weighted by molar-refractivity contribution is 5.89. The number of piperidine rings is 1. The maximum absolute atomic E-state index is 13.7. The van der Waals surface area contributed by atoms with Crippen LogP contribution < -0.4 is 0 Å². The molecule has 1 aliphatic heterocycles. The van der Waals surface area contributed by atoms with Crippen LogP contribution in [0.5, 0.6) is 0 Å². The highest BCUT2D eigenvalue weighted by Gasteiger charge is 2.82. The molecule has 11 heteroatoms. The molecule has 6 rings (SSSR count). The fourth-order valence-electron chi connectivity index (χ4n) is 11.1. The van der Waals surface area contributed by atoms with Gasteiger partial charge in [-0.05, 0) is 44.4 Å². The van der Waals surface area contributed by atoms with Crippen molar-refractivity contribution in [2.75, 3.05) is 55.2 Å². The van der Waals surface area contributed by atoms with Crippen LogP contribution in [0.4, 0.5) is 0 Å². The molecular weight excluding hydrogens is 570 g/mol. The zero-order valence-electron chi connectivity index (χ0n) is 26.6. The van der Waals surface area contributed by atoms with Crippen LogP contribution in [0.25, 0.3) is 0 Å². The number of ether oxygens (including phenoxy) is 6. The Morgan fingerprint density at radius 2 is 1.73 bits per heavy atom. The number of aliphatic hydroxyl groups excluding tert-OH is 1. The summed E-state index contributed by atoms with van der Waals surface area (Å²) in [5, 5.41) is 24.9. The van der Waals surface area contributed by atoms with Crippen molar-refractivity contribution in [2.24, 2.45) is 28.6 Å². The van der Waals surface area contributed by atoms with Gasteiger partial charge in [0, 0.05) is 77.5 Å². The largest absolute Gasteiger partial charge is 0.456 e. The first-order chi connectivity index (χ1) is 21.0. The minimum absolute atomic E-state index is 0.124. The molecule has 244 valence electrons. The zero-order valence-corrected chi connectivity index (χ0v) is 26.6. The van der Waals surface area contributed by atoms with Crippen LogP contribution in [0.3, 0.4) is 0 Å². The molecule has 1 aromatic rings. The number of hydrogen-bond donors (Lipinski definition) is 2. The second kappa shape index (κ2) is 11.3. The molecule has 5 aliphatic rings. The quantitative estimate of drug-likeness (QED) is 0.413. The molecule has 1 saturated heterocycles. The average Bonchev–Trinajstić information content (AvgIpc) is 3.19. The van der Waals surface area contributed by atoms with E-state index >= 15 is 0 Å². The predicted octanol–water partition coefficient (Wildman–Crippen LogP) is 1.68. The van der Waals surface area contributed by atoms with Crippen LogP contribution in [0.2, 0.25) is 0 Å². The van der Waals surface area contributed by atoms with E-state index in [9.17, 15) is 19.8 Å². The van der Waals surface area contributed by atoms with Gasteiger partial charge in [0.2, 0.25) is 0 Å². The Labute approximate surface area is 259 Å². The minimum Gasteiger partial charge on any atom is -0.456 e. The van der Waals surface area contributed by atoms with Gasteiger partial charge in [0.15, 0.2) is 0 Å². The summed E-state index contributed by atoms with van der Waals surface area (Å²) >= 11 is 0. The average molecular weight is 618 g/mol. The first kappa shape index (κ1) is 31.8. The van der Waals surface area contributed by atoms with Gasteiger partial charge in [0.25, 0.3) is 0 Å². The molecule has 11 nitrogen and oxygen atoms in total. The number of carbonyl (C=O) groups excluding carboxylic acids is 2. The summed E-state index contributed by atoms with van der Waals surface area (Å²) in [6.07, 6.45) is -2.66. The molecule has 1 heterocycles. The second-order valence-corrected chi connectivity index (χ2v) is 14.0. The topological polar surface area (TPSA) is 133 Å². The van der Waals surface area contributed by atoms with Gasteiger partial charge >= 0.3 is 11.9 Å². The number of carbonyl (C=O) groups is 2. The normalized spacial score (nSPS) is 46.1. The van der Waals surface area contributed by atoms with Gasteiger partial charge in [-0.1, -0.05) is 18.2 Å². The van der Waals surface area contributed by atoms with Crippen molar-refractivity contribution in [1.29, 1.82) is 0 Å². The molecule has 0 aromatic heterocycles. The molecule has 2 N–H and O–H groups in total. The Balaban J connectivity index is 1.62. The third-order valence-corrected chi connectivity index (χ3v) is 11.9. The fourth-order valence-corrected chi connectivity index (χ4v) is 11.1. The summed E-state index contributed by atoms with van der Waals surface area (Å²) in [7, 11) is 8.58. The standard InChI is InChI=1S/C33H47NO10/c1-19(35)44-33-15-22(40-4)25-30(18-39-3)13-12-23(41-5)31(25,17-34(2)16-30)21-14-32(38,28(42-6)26(33)36)27(24(21)33)43-29(37)20-10-8-7-9-11-20/h7-11,21-28,36,38H,12-18H2,1-6H3/t21-,22-,23-,24+,25+,26+,27-,28-,30-,31+,32+,33-/m0/s1. The van der Waals surface area contributed by atoms with Crippen molar-refractivity contribution in [3.05, 3.63) is 35.9 Å². The lowest BCUT2D eigenvalue weighted by atomic mass is 9.45. The lowest BCUT2D eigenvalue weighted by Crippen LogP contribution is -2.72. The SMILES string of the molecule is COC[C@]12CC[C@H](OC)[C@]3(CN(C)C1)[C@@H]2[C@@H](OC)C[C@]1(OC(C)=O)[C@H]2[C@H](OC(=O)c4ccccc4)[C@](O)(C[C@@H]23)[C@@H](OC)[C@H]1O. The Kier molecular flexibility index (Phi) is 8.17. The third kappa shape index (κ3) is 4.27. The number of hydrogen-bond acceptors (Lipinski definition) is 11. The van der Waals surface area contributed by atoms with Crippen LogP contribution >= 0.6 is 0 Å². The van der Waals surface area contributed by atoms with E-state index in [1.165, 1.54) is 14.0 Å². The summed E-state index contributed by atoms with van der Waals surface area (Å²) in [6, 6.07) is 8.60. The van der Waals surface area contributed by atoms with Crippen molar-refractivity contribution >= 4 is 11.9 Å². The second-order valence-electron chi connectivity index (χ2n) is 14.0. The molecule has 0 unspecified atom stereocenters. The number of fused-ring (bicyclic) bond motifs is 1. The van der Waals surface area contributed by atoms with Crippen molar-refractivity contribution in [3.63, 3.8) is 0 Å². The van der Waals surface area contributed by atoms with E-state index in [0.29, 0.717) is 18.7 Å². The number of rotatable bonds is 8. The van der Waals surface area contributed by atoms with E-state index in [1.807, 2.05) is 0 Å². The summed E-state index contributed by atoms with van der Waals surface area (Å²) in [5.41, 5.74) is -4.01. The summed E-state index contributed by atoms with van der Waals surface area (Å²) in [4.78, 5) is 29.0. The molecular formula is C33H47NO10. The van der Waals surface area contributed by atoms with E-state index in [-0.39, 0.29) is 30.3 Å². The van der Waals surface area contributed by atoms with Crippen molar-refractivity contribution in [1.82, 2.24) is 4.90 Å². The van der Waals surface area contributed by atoms with Crippen LogP contribution in [0.15, 0.2) is 30.3 Å². The van der Waals surface area contributed by atoms with E-state index in [4.69, 9.17) is 28.4 Å². The molecule has 44 heavy (non-hydrogen) atoms. The maximum atomic E-state index is 13.7. The minimum atomic E-state index is -1.77. The van der Waals surface area contributed by atoms with Gasteiger partial charge in [-0.25, -0.2) is 4.79 Å². The Bertz CT molecular complexity index is 1250. The molecule has 1 aromatic carbocycles. The van der Waals surface area contributed by atoms with Gasteiger partial charge in [0.1, 0.15) is 29.5 Å². The highest BCUT2D eigenvalue weighted by atomic mass is 16.6. The van der Waals surface area contributed by atoms with E-state index in [1.54, 1.807) is 51.7 Å². The maximum Gasteiger partial charge on any atom is 0.338 e. The molecule has 4 bridgehead atoms. The first-order valence-electron chi connectivity index (χ1n) is 15.6. The molecule has 4 saturated carbocycles. The van der Waals surface area contributed by atoms with Crippen LogP contribution in [-0.4, -0.2) is 124 Å². The van der Waals surface area contributed by atoms with Gasteiger partial charge in [-0.15, -0.1) is 0 Å². The van der Waals surface area contributed by atoms with Gasteiger partial charge < -0.3 is 43.5 Å². The van der Waals surface area contributed by atoms with Gasteiger partial charge in [-0.3, -0.25) is 4.79 Å². The van der Waals surface area contributed by atoms with Crippen LogP contribution in [0, 0.1) is 28.6 Å². The number of methoxy groups -OCH3 is 4. The van der Waals surface area contributed by atoms with Crippen LogP contribution in [-0.2, 0) is 33.2 Å². The third-order valence-electron chi connectivity index (χ3n) is 11.9. The van der Waals surface area contributed by atoms with E-state index in [2.05, 4.69) is 11.9 Å². The molecule has 0 spiro atoms. The van der Waals surface area contributed by atoms with Gasteiger partial charge in [-0.2, -0.15) is 0 Å². The number of likely N-dealkylation sites (tertiary alicyclic amines) is 1. The number of benzene rings is 1. The van der Waals surface area contributed by atoms with Gasteiger partial charge in [0.05, 0.1) is 24.4 Å². The van der Waals surface area contributed by atoms with Crippen molar-refractivity contribution in [2.45, 2.75) is 74.3 Å². The number of nitrogens with zero attached hydrogens (tertiary/aromatic N) is 1. The lowest BCUT2D eigenvalue weighted by molar-refractivity contribution is -0.281. The Morgan fingerprint density at radius 3 is 2.34 bits per heavy atom. The smallest absolute Gasteiger partial charge is 0.338 e. The molecule has 0 radical (unpaired) electrons. The number of esters is 2. The summed E-state index contributed by atoms with van der Waals surface area (Å²) in [6.45, 7) is 3.18. The molecule has 4 aliphatic carbocycles. The number of aliphatic hydroxyl groups is 2. The van der Waals surface area contributed by atoms with Crippen LogP contribution in [0.1, 0.15) is 43.0 Å².